The summed E-state index contributed by atoms with van der Waals surface area (Å²) in [5.74, 6) is -5.79. The molecule has 2 aromatic carbocycles. The number of carbonyl (C=O) groups excluding carboxylic acids is 2. The second kappa shape index (κ2) is 9.40. The van der Waals surface area contributed by atoms with E-state index in [1.54, 1.807) is 24.3 Å². The molecule has 0 amide bonds. The molecule has 9 nitrogen and oxygen atoms in total. The second-order valence-corrected chi connectivity index (χ2v) is 7.36. The number of carbonyl (C=O) groups is 2. The zero-order valence-corrected chi connectivity index (χ0v) is 17.4. The van der Waals surface area contributed by atoms with Crippen LogP contribution in [0.15, 0.2) is 82.5 Å². The van der Waals surface area contributed by atoms with E-state index in [4.69, 9.17) is 14.2 Å². The van der Waals surface area contributed by atoms with Gasteiger partial charge in [-0.05, 0) is 24.3 Å². The molecule has 11 heteroatoms. The molecule has 1 aromatic heterocycles. The molecule has 0 radical (unpaired) electrons. The van der Waals surface area contributed by atoms with Gasteiger partial charge in [-0.25, -0.2) is 14.4 Å². The van der Waals surface area contributed by atoms with Crippen LogP contribution in [0.4, 0.5) is 8.78 Å². The fourth-order valence-corrected chi connectivity index (χ4v) is 3.40. The van der Waals surface area contributed by atoms with E-state index in [0.717, 1.165) is 12.3 Å². The number of rotatable bonds is 6. The molecule has 1 saturated heterocycles. The van der Waals surface area contributed by atoms with Gasteiger partial charge < -0.3 is 14.2 Å². The second-order valence-electron chi connectivity index (χ2n) is 7.36. The summed E-state index contributed by atoms with van der Waals surface area (Å²) in [6.07, 6.45) is -5.15. The summed E-state index contributed by atoms with van der Waals surface area (Å²) in [6, 6.07) is 16.1. The molecular weight excluding hydrogens is 454 g/mol. The summed E-state index contributed by atoms with van der Waals surface area (Å²) in [6.45, 7) is -0.880. The number of esters is 2. The Bertz CT molecular complexity index is 1290. The Morgan fingerprint density at radius 1 is 0.941 bits per heavy atom. The first-order chi connectivity index (χ1) is 16.3. The third-order valence-electron chi connectivity index (χ3n) is 5.12. The highest BCUT2D eigenvalue weighted by molar-refractivity contribution is 5.90. The molecule has 3 aromatic rings. The molecule has 0 unspecified atom stereocenters. The van der Waals surface area contributed by atoms with Gasteiger partial charge >= 0.3 is 23.6 Å². The monoisotopic (exact) mass is 472 g/mol. The van der Waals surface area contributed by atoms with E-state index in [2.05, 4.69) is 0 Å². The summed E-state index contributed by atoms with van der Waals surface area (Å²) in [5, 5.41) is 0. The van der Waals surface area contributed by atoms with Crippen molar-refractivity contribution >= 4 is 11.9 Å². The summed E-state index contributed by atoms with van der Waals surface area (Å²) >= 11 is 0. The topological polar surface area (TPSA) is 117 Å². The van der Waals surface area contributed by atoms with Crippen LogP contribution in [-0.2, 0) is 14.2 Å². The highest BCUT2D eigenvalue weighted by atomic mass is 19.3. The maximum absolute atomic E-state index is 15.4. The normalized spacial score (nSPS) is 21.1. The van der Waals surface area contributed by atoms with Gasteiger partial charge in [0.2, 0.25) is 6.10 Å². The number of ether oxygens (including phenoxy) is 3. The van der Waals surface area contributed by atoms with Crippen LogP contribution in [0.2, 0.25) is 0 Å². The van der Waals surface area contributed by atoms with Gasteiger partial charge in [-0.2, -0.15) is 8.78 Å². The molecule has 2 heterocycles. The largest absolute Gasteiger partial charge is 0.459 e. The standard InChI is InChI=1S/C23H18F2N2O7/c24-23(25)16(13-32-20(29)14-7-3-1-4-8-14)33-19(27-12-11-17(28)26-22(27)31)18(23)34-21(30)15-9-5-2-6-10-15/h1-12,16,18-19H,13H2,(H,26,28,31)/t16-,18+,19-/m0/s1. The zero-order valence-electron chi connectivity index (χ0n) is 17.4. The average molecular weight is 472 g/mol. The molecule has 0 spiro atoms. The highest BCUT2D eigenvalue weighted by Crippen LogP contribution is 2.43. The lowest BCUT2D eigenvalue weighted by atomic mass is 10.1. The van der Waals surface area contributed by atoms with Crippen molar-refractivity contribution in [2.75, 3.05) is 6.61 Å². The lowest BCUT2D eigenvalue weighted by Gasteiger charge is -2.24. The molecule has 1 aliphatic heterocycles. The van der Waals surface area contributed by atoms with Crippen molar-refractivity contribution in [3.05, 3.63) is 105 Å². The number of alkyl halides is 2. The first-order valence-corrected chi connectivity index (χ1v) is 10.1. The summed E-state index contributed by atoms with van der Waals surface area (Å²) in [5.41, 5.74) is -1.65. The van der Waals surface area contributed by atoms with Crippen LogP contribution < -0.4 is 11.2 Å². The van der Waals surface area contributed by atoms with Gasteiger partial charge in [0.25, 0.3) is 5.56 Å². The van der Waals surface area contributed by atoms with Crippen LogP contribution in [-0.4, -0.2) is 46.2 Å². The van der Waals surface area contributed by atoms with Gasteiger partial charge in [0.15, 0.2) is 12.3 Å². The van der Waals surface area contributed by atoms with Gasteiger partial charge in [-0.15, -0.1) is 0 Å². The van der Waals surface area contributed by atoms with Crippen molar-refractivity contribution in [1.29, 1.82) is 0 Å². The lowest BCUT2D eigenvalue weighted by molar-refractivity contribution is -0.127. The van der Waals surface area contributed by atoms with Crippen LogP contribution in [0.1, 0.15) is 26.9 Å². The summed E-state index contributed by atoms with van der Waals surface area (Å²) < 4.78 is 46.8. The van der Waals surface area contributed by atoms with Gasteiger partial charge in [0, 0.05) is 12.3 Å². The number of halogens is 2. The predicted molar refractivity (Wildman–Crippen MR) is 113 cm³/mol. The molecule has 0 saturated carbocycles. The molecule has 0 aliphatic carbocycles. The van der Waals surface area contributed by atoms with Crippen LogP contribution in [0.3, 0.4) is 0 Å². The molecule has 34 heavy (non-hydrogen) atoms. The first-order valence-electron chi connectivity index (χ1n) is 10.1. The third-order valence-corrected chi connectivity index (χ3v) is 5.12. The number of aromatic amines is 1. The van der Waals surface area contributed by atoms with Crippen molar-refractivity contribution < 1.29 is 32.6 Å². The smallest absolute Gasteiger partial charge is 0.338 e. The SMILES string of the molecule is O=C(OC[C@@H]1O[C@H](n2ccc(=O)[nH]c2=O)[C@@H](OC(=O)c2ccccc2)C1(F)F)c1ccccc1. The minimum Gasteiger partial charge on any atom is -0.459 e. The minimum absolute atomic E-state index is 0.00446. The van der Waals surface area contributed by atoms with Gasteiger partial charge in [-0.3, -0.25) is 14.3 Å². The molecule has 0 bridgehead atoms. The molecule has 1 aliphatic rings. The number of nitrogens with zero attached hydrogens (tertiary/aromatic N) is 1. The average Bonchev–Trinajstić information content (AvgIpc) is 3.08. The third kappa shape index (κ3) is 4.64. The van der Waals surface area contributed by atoms with E-state index in [-0.39, 0.29) is 11.1 Å². The molecule has 176 valence electrons. The zero-order chi connectivity index (χ0) is 24.3. The van der Waals surface area contributed by atoms with E-state index >= 15 is 8.78 Å². The Labute approximate surface area is 190 Å². The van der Waals surface area contributed by atoms with Crippen LogP contribution >= 0.6 is 0 Å². The Balaban J connectivity index is 1.61. The summed E-state index contributed by atoms with van der Waals surface area (Å²) in [4.78, 5) is 50.3. The van der Waals surface area contributed by atoms with Crippen LogP contribution in [0.5, 0.6) is 0 Å². The summed E-state index contributed by atoms with van der Waals surface area (Å²) in [7, 11) is 0. The van der Waals surface area contributed by atoms with Crippen molar-refractivity contribution in [1.82, 2.24) is 9.55 Å². The number of hydrogen-bond donors (Lipinski definition) is 1. The Hall–Kier alpha value is -4.12. The predicted octanol–water partition coefficient (Wildman–Crippen LogP) is 2.15. The maximum Gasteiger partial charge on any atom is 0.338 e. The van der Waals surface area contributed by atoms with Crippen molar-refractivity contribution in [3.63, 3.8) is 0 Å². The van der Waals surface area contributed by atoms with Gasteiger partial charge in [-0.1, -0.05) is 36.4 Å². The highest BCUT2D eigenvalue weighted by Gasteiger charge is 2.62. The van der Waals surface area contributed by atoms with E-state index in [0.29, 0.717) is 4.57 Å². The molecular formula is C23H18F2N2O7. The van der Waals surface area contributed by atoms with Crippen molar-refractivity contribution in [2.24, 2.45) is 0 Å². The van der Waals surface area contributed by atoms with Crippen molar-refractivity contribution in [3.8, 4) is 0 Å². The van der Waals surface area contributed by atoms with Crippen LogP contribution in [0.25, 0.3) is 0 Å². The quantitative estimate of drug-likeness (QED) is 0.547. The van der Waals surface area contributed by atoms with Gasteiger partial charge in [0.1, 0.15) is 6.61 Å². The Kier molecular flexibility index (Phi) is 6.37. The van der Waals surface area contributed by atoms with Gasteiger partial charge in [0.05, 0.1) is 11.1 Å². The van der Waals surface area contributed by atoms with E-state index in [1.165, 1.54) is 36.4 Å². The number of hydrogen-bond acceptors (Lipinski definition) is 7. The first kappa shape index (κ1) is 23.1. The van der Waals surface area contributed by atoms with E-state index in [1.807, 2.05) is 4.98 Å². The molecule has 3 atom stereocenters. The number of nitrogens with one attached hydrogen (secondary N) is 1. The molecule has 1 fully saturated rings. The van der Waals surface area contributed by atoms with E-state index in [9.17, 15) is 19.2 Å². The maximum atomic E-state index is 15.4. The lowest BCUT2D eigenvalue weighted by Crippen LogP contribution is -2.45. The number of aromatic nitrogens is 2. The Morgan fingerprint density at radius 3 is 2.12 bits per heavy atom. The fourth-order valence-electron chi connectivity index (χ4n) is 3.40. The van der Waals surface area contributed by atoms with Crippen LogP contribution in [0, 0.1) is 0 Å². The number of benzene rings is 2. The fraction of sp³-hybridized carbons (Fsp3) is 0.217. The molecule has 4 rings (SSSR count). The Morgan fingerprint density at radius 2 is 1.53 bits per heavy atom. The van der Waals surface area contributed by atoms with E-state index < -0.39 is 54.2 Å². The number of H-pyrrole nitrogens is 1. The molecule has 1 N–H and O–H groups in total. The minimum atomic E-state index is -3.86. The van der Waals surface area contributed by atoms with Crippen molar-refractivity contribution in [2.45, 2.75) is 24.4 Å².